The number of hydrogen-bond acceptors (Lipinski definition) is 2. The predicted molar refractivity (Wildman–Crippen MR) is 62.0 cm³/mol. The van der Waals surface area contributed by atoms with E-state index in [0.29, 0.717) is 0 Å². The molecule has 0 aliphatic heterocycles. The molecule has 0 aliphatic carbocycles. The number of halogens is 2. The van der Waals surface area contributed by atoms with Crippen LogP contribution < -0.4 is 0 Å². The lowest BCUT2D eigenvalue weighted by Gasteiger charge is -2.03. The standard InChI is InChI=1S/C10H8BrClN2/c11-6-5-9-10(12)7-3-1-2-4-8(7)13-14-9/h1-4H,5-6H2. The van der Waals surface area contributed by atoms with Gasteiger partial charge in [0, 0.05) is 17.1 Å². The van der Waals surface area contributed by atoms with E-state index in [4.69, 9.17) is 11.6 Å². The van der Waals surface area contributed by atoms with Gasteiger partial charge in [-0.2, -0.15) is 10.2 Å². The first-order chi connectivity index (χ1) is 6.83. The Morgan fingerprint density at radius 3 is 2.79 bits per heavy atom. The molecule has 0 atom stereocenters. The second-order valence-corrected chi connectivity index (χ2v) is 4.09. The number of aryl methyl sites for hydroxylation is 1. The van der Waals surface area contributed by atoms with E-state index in [-0.39, 0.29) is 0 Å². The summed E-state index contributed by atoms with van der Waals surface area (Å²) < 4.78 is 0. The summed E-state index contributed by atoms with van der Waals surface area (Å²) in [6, 6.07) is 7.75. The summed E-state index contributed by atoms with van der Waals surface area (Å²) >= 11 is 9.55. The Bertz CT molecular complexity index is 459. The zero-order valence-corrected chi connectivity index (χ0v) is 9.72. The van der Waals surface area contributed by atoms with Gasteiger partial charge in [0.15, 0.2) is 0 Å². The molecule has 2 rings (SSSR count). The maximum atomic E-state index is 6.20. The highest BCUT2D eigenvalue weighted by molar-refractivity contribution is 9.09. The quantitative estimate of drug-likeness (QED) is 0.784. The van der Waals surface area contributed by atoms with E-state index in [1.807, 2.05) is 24.3 Å². The van der Waals surface area contributed by atoms with Gasteiger partial charge in [0.2, 0.25) is 0 Å². The van der Waals surface area contributed by atoms with E-state index in [9.17, 15) is 0 Å². The second-order valence-electron chi connectivity index (χ2n) is 2.92. The van der Waals surface area contributed by atoms with Crippen molar-refractivity contribution in [2.75, 3.05) is 5.33 Å². The number of aromatic nitrogens is 2. The van der Waals surface area contributed by atoms with Crippen molar-refractivity contribution in [2.45, 2.75) is 6.42 Å². The minimum Gasteiger partial charge on any atom is -0.153 e. The SMILES string of the molecule is Clc1c(CCBr)nnc2ccccc12. The molecule has 2 nitrogen and oxygen atoms in total. The van der Waals surface area contributed by atoms with Crippen LogP contribution in [0, 0.1) is 0 Å². The molecule has 2 aromatic rings. The number of rotatable bonds is 2. The molecular weight excluding hydrogens is 263 g/mol. The normalized spacial score (nSPS) is 10.7. The summed E-state index contributed by atoms with van der Waals surface area (Å²) in [5.74, 6) is 0. The molecule has 0 radical (unpaired) electrons. The van der Waals surface area contributed by atoms with E-state index < -0.39 is 0 Å². The third-order valence-corrected chi connectivity index (χ3v) is 2.82. The number of alkyl halides is 1. The minimum absolute atomic E-state index is 0.718. The molecule has 0 aliphatic rings. The van der Waals surface area contributed by atoms with E-state index in [0.717, 1.165) is 33.4 Å². The fourth-order valence-electron chi connectivity index (χ4n) is 1.31. The molecule has 0 N–H and O–H groups in total. The lowest BCUT2D eigenvalue weighted by Crippen LogP contribution is -1.96. The molecule has 1 aromatic heterocycles. The monoisotopic (exact) mass is 270 g/mol. The number of hydrogen-bond donors (Lipinski definition) is 0. The molecule has 72 valence electrons. The molecule has 0 spiro atoms. The fourth-order valence-corrected chi connectivity index (χ4v) is 1.98. The molecule has 0 saturated heterocycles. The van der Waals surface area contributed by atoms with Crippen molar-refractivity contribution in [1.29, 1.82) is 0 Å². The third-order valence-electron chi connectivity index (χ3n) is 2.00. The molecule has 0 bridgehead atoms. The maximum absolute atomic E-state index is 6.20. The van der Waals surface area contributed by atoms with Crippen LogP contribution in [0.1, 0.15) is 5.69 Å². The smallest absolute Gasteiger partial charge is 0.0944 e. The Morgan fingerprint density at radius 2 is 2.00 bits per heavy atom. The van der Waals surface area contributed by atoms with Crippen molar-refractivity contribution in [3.05, 3.63) is 35.0 Å². The summed E-state index contributed by atoms with van der Waals surface area (Å²) in [6.45, 7) is 0. The van der Waals surface area contributed by atoms with Crippen LogP contribution in [0.4, 0.5) is 0 Å². The van der Waals surface area contributed by atoms with Crippen LogP contribution in [0.25, 0.3) is 10.9 Å². The summed E-state index contributed by atoms with van der Waals surface area (Å²) in [5, 5.41) is 10.7. The summed E-state index contributed by atoms with van der Waals surface area (Å²) in [7, 11) is 0. The van der Waals surface area contributed by atoms with Crippen LogP contribution in [-0.2, 0) is 6.42 Å². The van der Waals surface area contributed by atoms with Crippen LogP contribution in [0.2, 0.25) is 5.02 Å². The van der Waals surface area contributed by atoms with Crippen LogP contribution >= 0.6 is 27.5 Å². The van der Waals surface area contributed by atoms with Crippen molar-refractivity contribution in [3.8, 4) is 0 Å². The van der Waals surface area contributed by atoms with Crippen molar-refractivity contribution in [3.63, 3.8) is 0 Å². The molecule has 1 heterocycles. The van der Waals surface area contributed by atoms with Gasteiger partial charge < -0.3 is 0 Å². The zero-order valence-electron chi connectivity index (χ0n) is 7.37. The lowest BCUT2D eigenvalue weighted by molar-refractivity contribution is 0.954. The highest BCUT2D eigenvalue weighted by Gasteiger charge is 2.06. The van der Waals surface area contributed by atoms with E-state index >= 15 is 0 Å². The minimum atomic E-state index is 0.718. The van der Waals surface area contributed by atoms with Gasteiger partial charge in [-0.15, -0.1) is 0 Å². The summed E-state index contributed by atoms with van der Waals surface area (Å²) in [6.07, 6.45) is 0.802. The molecule has 0 unspecified atom stereocenters. The number of nitrogens with zero attached hydrogens (tertiary/aromatic N) is 2. The highest BCUT2D eigenvalue weighted by Crippen LogP contribution is 2.24. The first-order valence-electron chi connectivity index (χ1n) is 4.28. The van der Waals surface area contributed by atoms with Crippen molar-refractivity contribution < 1.29 is 0 Å². The molecule has 0 amide bonds. The molecule has 1 aromatic carbocycles. The van der Waals surface area contributed by atoms with Crippen molar-refractivity contribution >= 4 is 38.4 Å². The Kier molecular flexibility index (Phi) is 2.99. The van der Waals surface area contributed by atoms with Crippen molar-refractivity contribution in [2.24, 2.45) is 0 Å². The van der Waals surface area contributed by atoms with Crippen LogP contribution in [0.5, 0.6) is 0 Å². The van der Waals surface area contributed by atoms with Crippen LogP contribution in [-0.4, -0.2) is 15.5 Å². The zero-order chi connectivity index (χ0) is 9.97. The van der Waals surface area contributed by atoms with Gasteiger partial charge >= 0.3 is 0 Å². The van der Waals surface area contributed by atoms with Gasteiger partial charge in [-0.25, -0.2) is 0 Å². The second kappa shape index (κ2) is 4.24. The number of fused-ring (bicyclic) bond motifs is 1. The average molecular weight is 272 g/mol. The largest absolute Gasteiger partial charge is 0.153 e. The van der Waals surface area contributed by atoms with Gasteiger partial charge in [-0.3, -0.25) is 0 Å². The Labute approximate surface area is 95.4 Å². The maximum Gasteiger partial charge on any atom is 0.0944 e. The van der Waals surface area contributed by atoms with Gasteiger partial charge in [-0.05, 0) is 6.07 Å². The lowest BCUT2D eigenvalue weighted by atomic mass is 10.2. The van der Waals surface area contributed by atoms with Crippen molar-refractivity contribution in [1.82, 2.24) is 10.2 Å². The highest BCUT2D eigenvalue weighted by atomic mass is 79.9. The summed E-state index contributed by atoms with van der Waals surface area (Å²) in [4.78, 5) is 0. The molecule has 14 heavy (non-hydrogen) atoms. The average Bonchev–Trinajstić information content (AvgIpc) is 2.23. The Balaban J connectivity index is 2.63. The first-order valence-corrected chi connectivity index (χ1v) is 5.78. The Morgan fingerprint density at radius 1 is 1.21 bits per heavy atom. The third kappa shape index (κ3) is 1.74. The molecule has 4 heteroatoms. The van der Waals surface area contributed by atoms with Gasteiger partial charge in [-0.1, -0.05) is 45.7 Å². The predicted octanol–water partition coefficient (Wildman–Crippen LogP) is 3.22. The molecule has 0 saturated carbocycles. The summed E-state index contributed by atoms with van der Waals surface area (Å²) in [5.41, 5.74) is 1.69. The van der Waals surface area contributed by atoms with E-state index in [2.05, 4.69) is 26.1 Å². The van der Waals surface area contributed by atoms with Gasteiger partial charge in [0.05, 0.1) is 16.2 Å². The van der Waals surface area contributed by atoms with Crippen LogP contribution in [0.3, 0.4) is 0 Å². The molecule has 0 fully saturated rings. The van der Waals surface area contributed by atoms with E-state index in [1.165, 1.54) is 0 Å². The van der Waals surface area contributed by atoms with Crippen LogP contribution in [0.15, 0.2) is 24.3 Å². The molecular formula is C10H8BrClN2. The van der Waals surface area contributed by atoms with Gasteiger partial charge in [0.25, 0.3) is 0 Å². The number of benzene rings is 1. The van der Waals surface area contributed by atoms with Gasteiger partial charge in [0.1, 0.15) is 0 Å². The van der Waals surface area contributed by atoms with E-state index in [1.54, 1.807) is 0 Å². The first kappa shape index (κ1) is 9.87. The Hall–Kier alpha value is -0.670. The topological polar surface area (TPSA) is 25.8 Å². The fraction of sp³-hybridized carbons (Fsp3) is 0.200.